The summed E-state index contributed by atoms with van der Waals surface area (Å²) in [5, 5.41) is 0. The second-order valence-electron chi connectivity index (χ2n) is 7.00. The summed E-state index contributed by atoms with van der Waals surface area (Å²) in [6.45, 7) is 11.8. The van der Waals surface area contributed by atoms with E-state index in [4.69, 9.17) is 18.8 Å². The number of rotatable bonds is 4. The second kappa shape index (κ2) is 6.17. The SMILES string of the molecule is COC(=O)c1cc(B2OC(C)(C)C(C)(C)O2)ccc1OC(C)C. The minimum atomic E-state index is -0.531. The molecule has 23 heavy (non-hydrogen) atoms. The lowest BCUT2D eigenvalue weighted by atomic mass is 9.78. The van der Waals surface area contributed by atoms with Gasteiger partial charge in [-0.15, -0.1) is 0 Å². The molecule has 0 spiro atoms. The molecule has 2 rings (SSSR count). The zero-order chi connectivity index (χ0) is 17.4. The fraction of sp³-hybridized carbons (Fsp3) is 0.588. The van der Waals surface area contributed by atoms with Crippen molar-refractivity contribution >= 4 is 18.6 Å². The quantitative estimate of drug-likeness (QED) is 0.630. The van der Waals surface area contributed by atoms with Gasteiger partial charge >= 0.3 is 13.1 Å². The molecular weight excluding hydrogens is 295 g/mol. The molecule has 1 aliphatic heterocycles. The molecule has 0 aromatic heterocycles. The summed E-state index contributed by atoms with van der Waals surface area (Å²) < 4.78 is 22.6. The van der Waals surface area contributed by atoms with Gasteiger partial charge < -0.3 is 18.8 Å². The maximum atomic E-state index is 12.1. The minimum Gasteiger partial charge on any atom is -0.490 e. The molecule has 0 atom stereocenters. The molecule has 0 unspecified atom stereocenters. The Morgan fingerprint density at radius 2 is 1.70 bits per heavy atom. The van der Waals surface area contributed by atoms with Crippen molar-refractivity contribution in [2.45, 2.75) is 58.8 Å². The van der Waals surface area contributed by atoms with Crippen LogP contribution >= 0.6 is 0 Å². The van der Waals surface area contributed by atoms with E-state index in [1.54, 1.807) is 12.1 Å². The number of carbonyl (C=O) groups is 1. The first-order chi connectivity index (χ1) is 10.6. The van der Waals surface area contributed by atoms with Gasteiger partial charge in [-0.05, 0) is 59.1 Å². The summed E-state index contributed by atoms with van der Waals surface area (Å²) in [5.74, 6) is 0.0473. The summed E-state index contributed by atoms with van der Waals surface area (Å²) in [6.07, 6.45) is -0.0406. The number of benzene rings is 1. The Hall–Kier alpha value is -1.53. The molecule has 0 amide bonds. The van der Waals surface area contributed by atoms with Gasteiger partial charge in [0.15, 0.2) is 0 Å². The largest absolute Gasteiger partial charge is 0.494 e. The highest BCUT2D eigenvalue weighted by Gasteiger charge is 2.51. The Balaban J connectivity index is 2.37. The Labute approximate surface area is 138 Å². The van der Waals surface area contributed by atoms with E-state index in [1.807, 2.05) is 47.6 Å². The minimum absolute atomic E-state index is 0.0406. The summed E-state index contributed by atoms with van der Waals surface area (Å²) in [4.78, 5) is 12.1. The Kier molecular flexibility index (Phi) is 4.78. The lowest BCUT2D eigenvalue weighted by Crippen LogP contribution is -2.41. The van der Waals surface area contributed by atoms with Gasteiger partial charge in [-0.3, -0.25) is 0 Å². The highest BCUT2D eigenvalue weighted by molar-refractivity contribution is 6.62. The highest BCUT2D eigenvalue weighted by Crippen LogP contribution is 2.36. The number of carbonyl (C=O) groups excluding carboxylic acids is 1. The maximum absolute atomic E-state index is 12.1. The van der Waals surface area contributed by atoms with E-state index < -0.39 is 24.3 Å². The monoisotopic (exact) mass is 320 g/mol. The Morgan fingerprint density at radius 1 is 1.13 bits per heavy atom. The van der Waals surface area contributed by atoms with Crippen molar-refractivity contribution in [2.24, 2.45) is 0 Å². The number of hydrogen-bond donors (Lipinski definition) is 0. The van der Waals surface area contributed by atoms with Crippen LogP contribution in [0, 0.1) is 0 Å². The molecule has 0 aliphatic carbocycles. The summed E-state index contributed by atoms with van der Waals surface area (Å²) >= 11 is 0. The van der Waals surface area contributed by atoms with Crippen LogP contribution in [0.4, 0.5) is 0 Å². The molecule has 1 aromatic carbocycles. The second-order valence-corrected chi connectivity index (χ2v) is 7.00. The summed E-state index contributed by atoms with van der Waals surface area (Å²) in [7, 11) is 0.819. The van der Waals surface area contributed by atoms with Crippen LogP contribution in [0.15, 0.2) is 18.2 Å². The van der Waals surface area contributed by atoms with Crippen LogP contribution in [-0.4, -0.2) is 37.5 Å². The van der Waals surface area contributed by atoms with Crippen LogP contribution in [0.5, 0.6) is 5.75 Å². The van der Waals surface area contributed by atoms with Gasteiger partial charge in [0.25, 0.3) is 0 Å². The van der Waals surface area contributed by atoms with Gasteiger partial charge in [0, 0.05) is 0 Å². The number of ether oxygens (including phenoxy) is 2. The van der Waals surface area contributed by atoms with Crippen LogP contribution in [0.3, 0.4) is 0 Å². The van der Waals surface area contributed by atoms with E-state index in [-0.39, 0.29) is 6.10 Å². The molecule has 1 aliphatic rings. The van der Waals surface area contributed by atoms with Crippen LogP contribution in [0.25, 0.3) is 0 Å². The average molecular weight is 320 g/mol. The van der Waals surface area contributed by atoms with E-state index in [0.29, 0.717) is 11.3 Å². The third kappa shape index (κ3) is 3.53. The van der Waals surface area contributed by atoms with Crippen molar-refractivity contribution < 1.29 is 23.6 Å². The first kappa shape index (κ1) is 17.8. The lowest BCUT2D eigenvalue weighted by Gasteiger charge is -2.32. The average Bonchev–Trinajstić information content (AvgIpc) is 2.66. The van der Waals surface area contributed by atoms with E-state index in [2.05, 4.69) is 0 Å². The van der Waals surface area contributed by atoms with Gasteiger partial charge in [0.2, 0.25) is 0 Å². The number of methoxy groups -OCH3 is 1. The molecule has 1 fully saturated rings. The van der Waals surface area contributed by atoms with Gasteiger partial charge in [-0.25, -0.2) is 4.79 Å². The zero-order valence-corrected chi connectivity index (χ0v) is 14.9. The molecule has 0 bridgehead atoms. The van der Waals surface area contributed by atoms with E-state index in [0.717, 1.165) is 5.46 Å². The van der Waals surface area contributed by atoms with E-state index >= 15 is 0 Å². The van der Waals surface area contributed by atoms with Crippen LogP contribution in [0.2, 0.25) is 0 Å². The van der Waals surface area contributed by atoms with Gasteiger partial charge in [-0.2, -0.15) is 0 Å². The predicted octanol–water partition coefficient (Wildman–Crippen LogP) is 2.56. The topological polar surface area (TPSA) is 54.0 Å². The van der Waals surface area contributed by atoms with Gasteiger partial charge in [-0.1, -0.05) is 6.07 Å². The number of esters is 1. The fourth-order valence-electron chi connectivity index (χ4n) is 2.30. The molecule has 6 heteroatoms. The van der Waals surface area contributed by atoms with Crippen molar-refractivity contribution in [1.82, 2.24) is 0 Å². The first-order valence-electron chi connectivity index (χ1n) is 7.82. The van der Waals surface area contributed by atoms with E-state index in [1.165, 1.54) is 7.11 Å². The molecule has 1 aromatic rings. The van der Waals surface area contributed by atoms with Crippen molar-refractivity contribution in [3.05, 3.63) is 23.8 Å². The van der Waals surface area contributed by atoms with Gasteiger partial charge in [0.1, 0.15) is 11.3 Å². The standard InChI is InChI=1S/C17H25BO5/c1-11(2)21-14-9-8-12(10-13(14)15(19)20-7)18-22-16(3,4)17(5,6)23-18/h8-11H,1-7H3. The van der Waals surface area contributed by atoms with Crippen molar-refractivity contribution in [2.75, 3.05) is 7.11 Å². The number of hydrogen-bond acceptors (Lipinski definition) is 5. The molecule has 0 radical (unpaired) electrons. The van der Waals surface area contributed by atoms with Crippen molar-refractivity contribution in [3.8, 4) is 5.75 Å². The van der Waals surface area contributed by atoms with E-state index in [9.17, 15) is 4.79 Å². The normalized spacial score (nSPS) is 19.0. The molecule has 126 valence electrons. The molecule has 0 N–H and O–H groups in total. The third-order valence-corrected chi connectivity index (χ3v) is 4.30. The van der Waals surface area contributed by atoms with Crippen molar-refractivity contribution in [1.29, 1.82) is 0 Å². The third-order valence-electron chi connectivity index (χ3n) is 4.30. The Bertz CT molecular complexity index is 579. The summed E-state index contributed by atoms with van der Waals surface area (Å²) in [6, 6.07) is 5.32. The van der Waals surface area contributed by atoms with Crippen LogP contribution in [-0.2, 0) is 14.0 Å². The smallest absolute Gasteiger partial charge is 0.490 e. The van der Waals surface area contributed by atoms with Crippen molar-refractivity contribution in [3.63, 3.8) is 0 Å². The van der Waals surface area contributed by atoms with Crippen LogP contribution < -0.4 is 10.2 Å². The molecular formula is C17H25BO5. The maximum Gasteiger partial charge on any atom is 0.494 e. The fourth-order valence-corrected chi connectivity index (χ4v) is 2.30. The summed E-state index contributed by atoms with van der Waals surface area (Å²) in [5.41, 5.74) is 0.264. The van der Waals surface area contributed by atoms with Gasteiger partial charge in [0.05, 0.1) is 24.4 Å². The molecule has 5 nitrogen and oxygen atoms in total. The first-order valence-corrected chi connectivity index (χ1v) is 7.82. The lowest BCUT2D eigenvalue weighted by molar-refractivity contribution is 0.00578. The Morgan fingerprint density at radius 3 is 2.17 bits per heavy atom. The highest BCUT2D eigenvalue weighted by atomic mass is 16.7. The zero-order valence-electron chi connectivity index (χ0n) is 14.9. The van der Waals surface area contributed by atoms with Crippen LogP contribution in [0.1, 0.15) is 51.9 Å². The molecule has 1 heterocycles. The predicted molar refractivity (Wildman–Crippen MR) is 89.3 cm³/mol. The molecule has 0 saturated carbocycles. The molecule has 1 saturated heterocycles.